The third-order valence-electron chi connectivity index (χ3n) is 4.61. The van der Waals surface area contributed by atoms with E-state index in [0.29, 0.717) is 25.7 Å². The molecular weight excluding hydrogens is 388 g/mol. The third-order valence-corrected chi connectivity index (χ3v) is 7.42. The fourth-order valence-electron chi connectivity index (χ4n) is 2.93. The van der Waals surface area contributed by atoms with Gasteiger partial charge in [0.15, 0.2) is 0 Å². The minimum atomic E-state index is -0.271. The van der Waals surface area contributed by atoms with Gasteiger partial charge in [0.2, 0.25) is 0 Å². The van der Waals surface area contributed by atoms with E-state index in [1.165, 1.54) is 11.3 Å². The number of thiophene rings is 1. The van der Waals surface area contributed by atoms with Gasteiger partial charge in [0.25, 0.3) is 11.8 Å². The fraction of sp³-hybridized carbons (Fsp3) is 0.368. The summed E-state index contributed by atoms with van der Waals surface area (Å²) in [6, 6.07) is 8.96. The van der Waals surface area contributed by atoms with Crippen LogP contribution in [0.25, 0.3) is 0 Å². The molecule has 0 aliphatic carbocycles. The van der Waals surface area contributed by atoms with Gasteiger partial charge in [-0.15, -0.1) is 11.3 Å². The van der Waals surface area contributed by atoms with Gasteiger partial charge >= 0.3 is 0 Å². The molecule has 1 aromatic heterocycles. The van der Waals surface area contributed by atoms with Crippen molar-refractivity contribution in [1.29, 1.82) is 0 Å². The second kappa shape index (κ2) is 8.03. The smallest absolute Gasteiger partial charge is 0.264 e. The number of hydrogen-bond donors (Lipinski definition) is 1. The highest BCUT2D eigenvalue weighted by atomic mass is 35.5. The topological polar surface area (TPSA) is 49.4 Å². The van der Waals surface area contributed by atoms with Crippen molar-refractivity contribution in [2.45, 2.75) is 32.1 Å². The lowest BCUT2D eigenvalue weighted by atomic mass is 10.1. The van der Waals surface area contributed by atoms with Gasteiger partial charge in [-0.25, -0.2) is 0 Å². The van der Waals surface area contributed by atoms with Crippen LogP contribution in [0.15, 0.2) is 30.3 Å². The predicted molar refractivity (Wildman–Crippen MR) is 111 cm³/mol. The first-order valence-electron chi connectivity index (χ1n) is 8.47. The molecule has 7 heteroatoms. The zero-order valence-electron chi connectivity index (χ0n) is 14.9. The number of anilines is 1. The van der Waals surface area contributed by atoms with E-state index in [1.54, 1.807) is 24.3 Å². The van der Waals surface area contributed by atoms with Crippen molar-refractivity contribution in [2.75, 3.05) is 17.6 Å². The number of halogens is 1. The molecule has 0 spiro atoms. The number of nitrogens with one attached hydrogen (secondary N) is 1. The van der Waals surface area contributed by atoms with Gasteiger partial charge in [-0.1, -0.05) is 30.7 Å². The molecule has 2 heterocycles. The largest absolute Gasteiger partial charge is 0.333 e. The van der Waals surface area contributed by atoms with E-state index in [-0.39, 0.29) is 17.9 Å². The second-order valence-electron chi connectivity index (χ2n) is 6.37. The number of nitrogens with zero attached hydrogens (tertiary/aromatic N) is 1. The molecule has 1 saturated heterocycles. The minimum Gasteiger partial charge on any atom is -0.333 e. The highest BCUT2D eigenvalue weighted by molar-refractivity contribution is 8.00. The second-order valence-corrected chi connectivity index (χ2v) is 9.32. The molecule has 0 saturated carbocycles. The van der Waals surface area contributed by atoms with Crippen molar-refractivity contribution in [3.63, 3.8) is 0 Å². The molecule has 1 aromatic carbocycles. The quantitative estimate of drug-likeness (QED) is 0.783. The molecule has 1 aliphatic rings. The van der Waals surface area contributed by atoms with E-state index < -0.39 is 0 Å². The number of carbonyl (C=O) groups is 2. The van der Waals surface area contributed by atoms with E-state index in [9.17, 15) is 9.59 Å². The van der Waals surface area contributed by atoms with Crippen LogP contribution in [0.1, 0.15) is 39.4 Å². The van der Waals surface area contributed by atoms with E-state index in [1.807, 2.05) is 29.7 Å². The van der Waals surface area contributed by atoms with E-state index >= 15 is 0 Å². The van der Waals surface area contributed by atoms with Crippen LogP contribution in [0, 0.1) is 6.92 Å². The van der Waals surface area contributed by atoms with Gasteiger partial charge < -0.3 is 10.2 Å². The Hall–Kier alpha value is -1.50. The highest BCUT2D eigenvalue weighted by Gasteiger charge is 2.31. The number of carbonyl (C=O) groups excluding carboxylic acids is 2. The molecule has 2 unspecified atom stereocenters. The monoisotopic (exact) mass is 408 g/mol. The lowest BCUT2D eigenvalue weighted by molar-refractivity contribution is 0.0702. The maximum atomic E-state index is 13.0. The van der Waals surface area contributed by atoms with Crippen LogP contribution < -0.4 is 5.32 Å². The van der Waals surface area contributed by atoms with Crippen molar-refractivity contribution in [3.05, 3.63) is 51.4 Å². The van der Waals surface area contributed by atoms with E-state index in [4.69, 9.17) is 11.6 Å². The first-order valence-corrected chi connectivity index (χ1v) is 10.7. The van der Waals surface area contributed by atoms with Crippen molar-refractivity contribution in [1.82, 2.24) is 4.90 Å². The Morgan fingerprint density at radius 3 is 2.73 bits per heavy atom. The van der Waals surface area contributed by atoms with Crippen LogP contribution in [0.3, 0.4) is 0 Å². The summed E-state index contributed by atoms with van der Waals surface area (Å²) >= 11 is 9.30. The van der Waals surface area contributed by atoms with Crippen LogP contribution >= 0.6 is 34.7 Å². The summed E-state index contributed by atoms with van der Waals surface area (Å²) in [6.45, 7) is 6.92. The van der Waals surface area contributed by atoms with Gasteiger partial charge in [0, 0.05) is 23.6 Å². The van der Waals surface area contributed by atoms with Crippen molar-refractivity contribution >= 4 is 51.5 Å². The summed E-state index contributed by atoms with van der Waals surface area (Å²) < 4.78 is 0. The number of aryl methyl sites for hydroxylation is 1. The van der Waals surface area contributed by atoms with Crippen LogP contribution in [-0.4, -0.2) is 40.3 Å². The summed E-state index contributed by atoms with van der Waals surface area (Å²) in [7, 11) is 0. The number of rotatable bonds is 3. The molecule has 2 atom stereocenters. The highest BCUT2D eigenvalue weighted by Crippen LogP contribution is 2.32. The molecule has 0 radical (unpaired) electrons. The molecule has 3 rings (SSSR count). The van der Waals surface area contributed by atoms with Gasteiger partial charge in [-0.05, 0) is 37.6 Å². The minimum absolute atomic E-state index is 0.0467. The van der Waals surface area contributed by atoms with Crippen LogP contribution in [0.4, 0.5) is 5.00 Å². The summed E-state index contributed by atoms with van der Waals surface area (Å²) in [4.78, 5) is 28.1. The lowest BCUT2D eigenvalue weighted by Gasteiger charge is -2.37. The summed E-state index contributed by atoms with van der Waals surface area (Å²) in [6.07, 6.45) is 0. The molecule has 0 bridgehead atoms. The number of benzene rings is 1. The zero-order chi connectivity index (χ0) is 18.8. The molecule has 4 nitrogen and oxygen atoms in total. The van der Waals surface area contributed by atoms with Crippen LogP contribution in [0.5, 0.6) is 0 Å². The van der Waals surface area contributed by atoms with Crippen LogP contribution in [-0.2, 0) is 0 Å². The maximum absolute atomic E-state index is 13.0. The van der Waals surface area contributed by atoms with Gasteiger partial charge in [-0.2, -0.15) is 11.8 Å². The maximum Gasteiger partial charge on any atom is 0.264 e. The third kappa shape index (κ3) is 3.92. The molecule has 1 N–H and O–H groups in total. The Morgan fingerprint density at radius 1 is 1.27 bits per heavy atom. The van der Waals surface area contributed by atoms with Gasteiger partial charge in [-0.3, -0.25) is 9.59 Å². The standard InChI is InChI=1S/C19H21ClN2O2S2/c1-11-10-16(21-18(23)14-6-4-5-7-15(14)20)26-17(11)19(24)22-8-9-25-13(3)12(22)2/h4-7,10,12-13H,8-9H2,1-3H3,(H,21,23). The first kappa shape index (κ1) is 19.3. The molecule has 138 valence electrons. The summed E-state index contributed by atoms with van der Waals surface area (Å²) in [5.74, 6) is 0.732. The molecular formula is C19H21ClN2O2S2. The fourth-order valence-corrected chi connectivity index (χ4v) is 5.28. The molecule has 2 aromatic rings. The van der Waals surface area contributed by atoms with Gasteiger partial charge in [0.1, 0.15) is 0 Å². The molecule has 2 amide bonds. The average molecular weight is 409 g/mol. The Morgan fingerprint density at radius 2 is 2.00 bits per heavy atom. The van der Waals surface area contributed by atoms with Crippen molar-refractivity contribution in [3.8, 4) is 0 Å². The number of thioether (sulfide) groups is 1. The number of hydrogen-bond acceptors (Lipinski definition) is 4. The first-order chi connectivity index (χ1) is 12.4. The van der Waals surface area contributed by atoms with Gasteiger partial charge in [0.05, 0.1) is 20.5 Å². The SMILES string of the molecule is Cc1cc(NC(=O)c2ccccc2Cl)sc1C(=O)N1CCSC(C)C1C. The molecule has 1 fully saturated rings. The average Bonchev–Trinajstić information content (AvgIpc) is 2.97. The molecule has 1 aliphatic heterocycles. The predicted octanol–water partition coefficient (Wildman–Crippen LogP) is 4.93. The van der Waals surface area contributed by atoms with Crippen molar-refractivity contribution in [2.24, 2.45) is 0 Å². The van der Waals surface area contributed by atoms with E-state index in [0.717, 1.165) is 17.9 Å². The Balaban J connectivity index is 1.78. The molecule has 26 heavy (non-hydrogen) atoms. The summed E-state index contributed by atoms with van der Waals surface area (Å²) in [5.41, 5.74) is 1.30. The normalized spacial score (nSPS) is 20.1. The Labute approximate surface area is 166 Å². The Kier molecular flexibility index (Phi) is 5.95. The lowest BCUT2D eigenvalue weighted by Crippen LogP contribution is -2.47. The van der Waals surface area contributed by atoms with E-state index in [2.05, 4.69) is 19.2 Å². The Bertz CT molecular complexity index is 837. The van der Waals surface area contributed by atoms with Crippen molar-refractivity contribution < 1.29 is 9.59 Å². The van der Waals surface area contributed by atoms with Crippen LogP contribution in [0.2, 0.25) is 5.02 Å². The summed E-state index contributed by atoms with van der Waals surface area (Å²) in [5, 5.41) is 4.34. The zero-order valence-corrected chi connectivity index (χ0v) is 17.3. The number of amides is 2.